The molecule has 0 aromatic heterocycles. The number of carbonyl (C=O) groups excluding carboxylic acids is 1. The number of esters is 1. The standard InChI is InChI=1S/C14H30N2O2/c1-5-10-16(11-6-2)12-8-7-9-14(3,15)13(17)18-4/h5-12,15H2,1-4H3. The van der Waals surface area contributed by atoms with Gasteiger partial charge in [-0.1, -0.05) is 13.8 Å². The van der Waals surface area contributed by atoms with E-state index in [-0.39, 0.29) is 5.97 Å². The monoisotopic (exact) mass is 258 g/mol. The molecule has 0 spiro atoms. The fourth-order valence-corrected chi connectivity index (χ4v) is 2.13. The second-order valence-electron chi connectivity index (χ2n) is 5.21. The van der Waals surface area contributed by atoms with Crippen LogP contribution in [0, 0.1) is 0 Å². The number of hydrogen-bond acceptors (Lipinski definition) is 4. The van der Waals surface area contributed by atoms with Crippen LogP contribution >= 0.6 is 0 Å². The van der Waals surface area contributed by atoms with Crippen molar-refractivity contribution in [2.24, 2.45) is 5.73 Å². The van der Waals surface area contributed by atoms with Gasteiger partial charge >= 0.3 is 5.97 Å². The third-order valence-corrected chi connectivity index (χ3v) is 3.15. The molecule has 1 unspecified atom stereocenters. The minimum absolute atomic E-state index is 0.318. The summed E-state index contributed by atoms with van der Waals surface area (Å²) in [5, 5.41) is 0. The van der Waals surface area contributed by atoms with Crippen LogP contribution in [-0.4, -0.2) is 43.2 Å². The smallest absolute Gasteiger partial charge is 0.325 e. The second kappa shape index (κ2) is 9.34. The van der Waals surface area contributed by atoms with Crippen molar-refractivity contribution in [2.45, 2.75) is 58.4 Å². The van der Waals surface area contributed by atoms with Crippen molar-refractivity contribution in [3.63, 3.8) is 0 Å². The molecule has 0 fully saturated rings. The van der Waals surface area contributed by atoms with E-state index in [1.54, 1.807) is 6.92 Å². The quantitative estimate of drug-likeness (QED) is 0.482. The molecular weight excluding hydrogens is 228 g/mol. The summed E-state index contributed by atoms with van der Waals surface area (Å²) in [4.78, 5) is 13.9. The number of unbranched alkanes of at least 4 members (excludes halogenated alkanes) is 1. The van der Waals surface area contributed by atoms with E-state index in [2.05, 4.69) is 18.7 Å². The lowest BCUT2D eigenvalue weighted by molar-refractivity contribution is -0.146. The van der Waals surface area contributed by atoms with Gasteiger partial charge in [-0.25, -0.2) is 0 Å². The van der Waals surface area contributed by atoms with E-state index in [1.807, 2.05) is 0 Å². The Labute approximate surface area is 112 Å². The zero-order valence-electron chi connectivity index (χ0n) is 12.5. The number of nitrogens with two attached hydrogens (primary N) is 1. The van der Waals surface area contributed by atoms with Crippen LogP contribution in [0.4, 0.5) is 0 Å². The van der Waals surface area contributed by atoms with Gasteiger partial charge in [0.15, 0.2) is 0 Å². The summed E-state index contributed by atoms with van der Waals surface area (Å²) in [5.41, 5.74) is 5.08. The fraction of sp³-hybridized carbons (Fsp3) is 0.929. The molecule has 0 aliphatic rings. The normalized spacial score (nSPS) is 14.6. The van der Waals surface area contributed by atoms with Crippen molar-refractivity contribution < 1.29 is 9.53 Å². The highest BCUT2D eigenvalue weighted by molar-refractivity contribution is 5.79. The molecule has 0 bridgehead atoms. The molecule has 0 heterocycles. The van der Waals surface area contributed by atoms with Gasteiger partial charge in [0, 0.05) is 0 Å². The first-order valence-corrected chi connectivity index (χ1v) is 7.07. The van der Waals surface area contributed by atoms with Crippen molar-refractivity contribution in [1.29, 1.82) is 0 Å². The first-order valence-electron chi connectivity index (χ1n) is 7.07. The Bertz CT molecular complexity index is 224. The highest BCUT2D eigenvalue weighted by Gasteiger charge is 2.28. The van der Waals surface area contributed by atoms with Crippen LogP contribution in [-0.2, 0) is 9.53 Å². The molecule has 0 aromatic rings. The molecule has 0 aliphatic carbocycles. The second-order valence-corrected chi connectivity index (χ2v) is 5.21. The summed E-state index contributed by atoms with van der Waals surface area (Å²) < 4.78 is 4.70. The number of carbonyl (C=O) groups is 1. The maximum Gasteiger partial charge on any atom is 0.325 e. The first kappa shape index (κ1) is 17.4. The van der Waals surface area contributed by atoms with Gasteiger partial charge in [-0.3, -0.25) is 4.79 Å². The van der Waals surface area contributed by atoms with E-state index in [1.165, 1.54) is 20.0 Å². The van der Waals surface area contributed by atoms with Crippen LogP contribution in [0.2, 0.25) is 0 Å². The Kier molecular flexibility index (Phi) is 9.02. The fourth-order valence-electron chi connectivity index (χ4n) is 2.13. The highest BCUT2D eigenvalue weighted by atomic mass is 16.5. The van der Waals surface area contributed by atoms with Gasteiger partial charge in [0.1, 0.15) is 5.54 Å². The van der Waals surface area contributed by atoms with Crippen LogP contribution in [0.1, 0.15) is 52.9 Å². The molecule has 0 saturated heterocycles. The predicted molar refractivity (Wildman–Crippen MR) is 75.5 cm³/mol. The van der Waals surface area contributed by atoms with Gasteiger partial charge < -0.3 is 15.4 Å². The minimum atomic E-state index is -0.838. The van der Waals surface area contributed by atoms with Gasteiger partial charge in [-0.15, -0.1) is 0 Å². The molecule has 1 atom stereocenters. The molecule has 4 heteroatoms. The third kappa shape index (κ3) is 6.97. The largest absolute Gasteiger partial charge is 0.468 e. The van der Waals surface area contributed by atoms with Gasteiger partial charge in [-0.2, -0.15) is 0 Å². The summed E-state index contributed by atoms with van der Waals surface area (Å²) in [6, 6.07) is 0. The first-order chi connectivity index (χ1) is 8.47. The summed E-state index contributed by atoms with van der Waals surface area (Å²) in [5.74, 6) is -0.318. The average molecular weight is 258 g/mol. The molecular formula is C14H30N2O2. The van der Waals surface area contributed by atoms with Crippen molar-refractivity contribution in [1.82, 2.24) is 4.90 Å². The Balaban J connectivity index is 3.86. The molecule has 0 radical (unpaired) electrons. The van der Waals surface area contributed by atoms with Crippen molar-refractivity contribution in [3.05, 3.63) is 0 Å². The molecule has 0 saturated carbocycles. The van der Waals surface area contributed by atoms with E-state index >= 15 is 0 Å². The molecule has 0 aromatic carbocycles. The number of methoxy groups -OCH3 is 1. The molecule has 108 valence electrons. The molecule has 18 heavy (non-hydrogen) atoms. The molecule has 2 N–H and O–H groups in total. The van der Waals surface area contributed by atoms with E-state index in [4.69, 9.17) is 10.5 Å². The van der Waals surface area contributed by atoms with Crippen molar-refractivity contribution >= 4 is 5.97 Å². The van der Waals surface area contributed by atoms with Crippen molar-refractivity contribution in [3.8, 4) is 0 Å². The van der Waals surface area contributed by atoms with Crippen LogP contribution in [0.3, 0.4) is 0 Å². The third-order valence-electron chi connectivity index (χ3n) is 3.15. The van der Waals surface area contributed by atoms with Crippen molar-refractivity contribution in [2.75, 3.05) is 26.7 Å². The summed E-state index contributed by atoms with van der Waals surface area (Å²) >= 11 is 0. The Morgan fingerprint density at radius 2 is 1.72 bits per heavy atom. The zero-order chi connectivity index (χ0) is 14.0. The molecule has 4 nitrogen and oxygen atoms in total. The van der Waals surface area contributed by atoms with E-state index in [0.29, 0.717) is 6.42 Å². The van der Waals surface area contributed by atoms with Gasteiger partial charge in [-0.05, 0) is 58.7 Å². The van der Waals surface area contributed by atoms with Crippen LogP contribution < -0.4 is 5.73 Å². The van der Waals surface area contributed by atoms with Gasteiger partial charge in [0.2, 0.25) is 0 Å². The topological polar surface area (TPSA) is 55.6 Å². The van der Waals surface area contributed by atoms with Crippen LogP contribution in [0.5, 0.6) is 0 Å². The SMILES string of the molecule is CCCN(CCC)CCCCC(C)(N)C(=O)OC. The molecule has 0 rings (SSSR count). The average Bonchev–Trinajstić information content (AvgIpc) is 2.34. The maximum atomic E-state index is 11.4. The predicted octanol–water partition coefficient (Wildman–Crippen LogP) is 2.17. The Hall–Kier alpha value is -0.610. The lowest BCUT2D eigenvalue weighted by Gasteiger charge is -2.23. The number of nitrogens with zero attached hydrogens (tertiary/aromatic N) is 1. The zero-order valence-corrected chi connectivity index (χ0v) is 12.5. The number of rotatable bonds is 10. The summed E-state index contributed by atoms with van der Waals surface area (Å²) in [7, 11) is 1.39. The summed E-state index contributed by atoms with van der Waals surface area (Å²) in [6.45, 7) is 9.57. The lowest BCUT2D eigenvalue weighted by Crippen LogP contribution is -2.45. The number of ether oxygens (including phenoxy) is 1. The highest BCUT2D eigenvalue weighted by Crippen LogP contribution is 2.13. The molecule has 0 aliphatic heterocycles. The van der Waals surface area contributed by atoms with Crippen LogP contribution in [0.15, 0.2) is 0 Å². The number of hydrogen-bond donors (Lipinski definition) is 1. The minimum Gasteiger partial charge on any atom is -0.468 e. The summed E-state index contributed by atoms with van der Waals surface area (Å²) in [6.07, 6.45) is 5.12. The van der Waals surface area contributed by atoms with E-state index in [0.717, 1.165) is 32.5 Å². The molecule has 0 amide bonds. The van der Waals surface area contributed by atoms with E-state index in [9.17, 15) is 4.79 Å². The van der Waals surface area contributed by atoms with Crippen LogP contribution in [0.25, 0.3) is 0 Å². The Morgan fingerprint density at radius 3 is 2.17 bits per heavy atom. The lowest BCUT2D eigenvalue weighted by atomic mass is 9.96. The van der Waals surface area contributed by atoms with Gasteiger partial charge in [0.25, 0.3) is 0 Å². The Morgan fingerprint density at radius 1 is 1.17 bits per heavy atom. The van der Waals surface area contributed by atoms with Gasteiger partial charge in [0.05, 0.1) is 7.11 Å². The van der Waals surface area contributed by atoms with E-state index < -0.39 is 5.54 Å². The maximum absolute atomic E-state index is 11.4.